The number of hydrogen-bond donors (Lipinski definition) is 0. The standard InChI is InChI=1S/C18H26O2S/c1-3-5-15-8-10-16(11-9-15)18(19)13-21(20)17-7-4-6-14(2)12-17/h8-11,14,17H,3-7,12-13H2,1-2H3. The lowest BCUT2D eigenvalue weighted by Gasteiger charge is -2.25. The minimum atomic E-state index is -1.02. The van der Waals surface area contributed by atoms with Crippen LogP contribution < -0.4 is 0 Å². The molecule has 3 heteroatoms. The van der Waals surface area contributed by atoms with Crippen molar-refractivity contribution in [3.8, 4) is 0 Å². The average molecular weight is 306 g/mol. The van der Waals surface area contributed by atoms with Crippen LogP contribution in [0.15, 0.2) is 24.3 Å². The predicted octanol–water partition coefficient (Wildman–Crippen LogP) is 4.15. The molecule has 0 N–H and O–H groups in total. The van der Waals surface area contributed by atoms with Crippen molar-refractivity contribution in [3.63, 3.8) is 0 Å². The lowest BCUT2D eigenvalue weighted by Crippen LogP contribution is -2.27. The van der Waals surface area contributed by atoms with Crippen molar-refractivity contribution in [3.05, 3.63) is 35.4 Å². The van der Waals surface area contributed by atoms with Gasteiger partial charge in [0.1, 0.15) is 0 Å². The number of ketones is 1. The molecular weight excluding hydrogens is 280 g/mol. The van der Waals surface area contributed by atoms with Crippen LogP contribution in [0.2, 0.25) is 0 Å². The molecule has 3 unspecified atom stereocenters. The van der Waals surface area contributed by atoms with E-state index in [9.17, 15) is 9.00 Å². The Kier molecular flexibility index (Phi) is 6.16. The molecule has 1 aliphatic carbocycles. The summed E-state index contributed by atoms with van der Waals surface area (Å²) in [4.78, 5) is 12.3. The largest absolute Gasteiger partial charge is 0.293 e. The summed E-state index contributed by atoms with van der Waals surface area (Å²) >= 11 is 0. The van der Waals surface area contributed by atoms with Crippen molar-refractivity contribution in [2.24, 2.45) is 5.92 Å². The molecule has 0 bridgehead atoms. The van der Waals surface area contributed by atoms with Crippen molar-refractivity contribution in [1.82, 2.24) is 0 Å². The Balaban J connectivity index is 1.92. The third-order valence-corrected chi connectivity index (χ3v) is 6.07. The van der Waals surface area contributed by atoms with Crippen LogP contribution in [-0.4, -0.2) is 21.0 Å². The zero-order valence-corrected chi connectivity index (χ0v) is 14.0. The molecule has 1 fully saturated rings. The first kappa shape index (κ1) is 16.4. The molecule has 116 valence electrons. The minimum absolute atomic E-state index is 0.0228. The summed E-state index contributed by atoms with van der Waals surface area (Å²) in [6.45, 7) is 4.37. The lowest BCUT2D eigenvalue weighted by atomic mass is 9.91. The van der Waals surface area contributed by atoms with Gasteiger partial charge in [-0.15, -0.1) is 0 Å². The van der Waals surface area contributed by atoms with Gasteiger partial charge in [-0.2, -0.15) is 0 Å². The zero-order valence-electron chi connectivity index (χ0n) is 13.1. The van der Waals surface area contributed by atoms with Crippen LogP contribution in [0.5, 0.6) is 0 Å². The third kappa shape index (κ3) is 4.77. The number of Topliss-reactive ketones (excluding diaryl/α,β-unsaturated/α-hetero) is 1. The van der Waals surface area contributed by atoms with E-state index in [4.69, 9.17) is 0 Å². The normalized spacial score (nSPS) is 23.7. The maximum atomic E-state index is 12.4. The fraction of sp³-hybridized carbons (Fsp3) is 0.611. The van der Waals surface area contributed by atoms with Crippen LogP contribution in [-0.2, 0) is 17.2 Å². The average Bonchev–Trinajstić information content (AvgIpc) is 2.48. The van der Waals surface area contributed by atoms with Crippen molar-refractivity contribution >= 4 is 16.6 Å². The van der Waals surface area contributed by atoms with Gasteiger partial charge in [-0.3, -0.25) is 9.00 Å². The second-order valence-corrected chi connectivity index (χ2v) is 8.01. The van der Waals surface area contributed by atoms with Gasteiger partial charge < -0.3 is 0 Å². The van der Waals surface area contributed by atoms with Gasteiger partial charge in [0.2, 0.25) is 0 Å². The quantitative estimate of drug-likeness (QED) is 0.740. The second kappa shape index (κ2) is 7.88. The van der Waals surface area contributed by atoms with Crippen molar-refractivity contribution < 1.29 is 9.00 Å². The van der Waals surface area contributed by atoms with Gasteiger partial charge in [0, 0.05) is 21.6 Å². The van der Waals surface area contributed by atoms with Gasteiger partial charge in [0.25, 0.3) is 0 Å². The summed E-state index contributed by atoms with van der Waals surface area (Å²) in [5.41, 5.74) is 1.96. The van der Waals surface area contributed by atoms with Crippen molar-refractivity contribution in [2.75, 3.05) is 5.75 Å². The Morgan fingerprint density at radius 2 is 1.95 bits per heavy atom. The lowest BCUT2D eigenvalue weighted by molar-refractivity contribution is 0.102. The van der Waals surface area contributed by atoms with Crippen LogP contribution in [0.4, 0.5) is 0 Å². The number of carbonyl (C=O) groups is 1. The van der Waals surface area contributed by atoms with Crippen molar-refractivity contribution in [1.29, 1.82) is 0 Å². The van der Waals surface area contributed by atoms with Crippen molar-refractivity contribution in [2.45, 2.75) is 57.6 Å². The first-order valence-electron chi connectivity index (χ1n) is 8.09. The van der Waals surface area contributed by atoms with Gasteiger partial charge in [-0.05, 0) is 30.7 Å². The van der Waals surface area contributed by atoms with Gasteiger partial charge in [0.15, 0.2) is 5.78 Å². The topological polar surface area (TPSA) is 34.1 Å². The zero-order chi connectivity index (χ0) is 15.2. The molecule has 1 aliphatic rings. The van der Waals surface area contributed by atoms with E-state index < -0.39 is 10.8 Å². The van der Waals surface area contributed by atoms with E-state index in [1.54, 1.807) is 0 Å². The first-order valence-corrected chi connectivity index (χ1v) is 9.47. The molecular formula is C18H26O2S. The fourth-order valence-corrected chi connectivity index (χ4v) is 4.73. The van der Waals surface area contributed by atoms with Gasteiger partial charge in [-0.1, -0.05) is 57.4 Å². The maximum absolute atomic E-state index is 12.4. The molecule has 2 rings (SSSR count). The molecule has 0 heterocycles. The summed E-state index contributed by atoms with van der Waals surface area (Å²) in [5, 5.41) is 0.220. The molecule has 21 heavy (non-hydrogen) atoms. The van der Waals surface area contributed by atoms with Gasteiger partial charge >= 0.3 is 0 Å². The minimum Gasteiger partial charge on any atom is -0.293 e. The number of rotatable bonds is 6. The predicted molar refractivity (Wildman–Crippen MR) is 89.2 cm³/mol. The highest BCUT2D eigenvalue weighted by Crippen LogP contribution is 2.27. The number of carbonyl (C=O) groups excluding carboxylic acids is 1. The number of benzene rings is 1. The molecule has 1 aromatic carbocycles. The van der Waals surface area contributed by atoms with E-state index in [2.05, 4.69) is 13.8 Å². The van der Waals surface area contributed by atoms with Gasteiger partial charge in [0.05, 0.1) is 5.75 Å². The van der Waals surface area contributed by atoms with E-state index in [0.29, 0.717) is 11.5 Å². The highest BCUT2D eigenvalue weighted by atomic mass is 32.2. The second-order valence-electron chi connectivity index (χ2n) is 6.29. The molecule has 1 aromatic rings. The highest BCUT2D eigenvalue weighted by molar-refractivity contribution is 7.86. The fourth-order valence-electron chi connectivity index (χ4n) is 3.09. The Hall–Kier alpha value is -0.960. The Labute approximate surface area is 130 Å². The maximum Gasteiger partial charge on any atom is 0.175 e. The molecule has 0 amide bonds. The van der Waals surface area contributed by atoms with Crippen LogP contribution in [0.1, 0.15) is 61.9 Å². The Bertz CT molecular complexity index is 492. The molecule has 2 nitrogen and oxygen atoms in total. The molecule has 0 aromatic heterocycles. The number of aryl methyl sites for hydroxylation is 1. The Morgan fingerprint density at radius 1 is 1.24 bits per heavy atom. The van der Waals surface area contributed by atoms with E-state index in [0.717, 1.165) is 32.1 Å². The summed E-state index contributed by atoms with van der Waals surface area (Å²) in [6, 6.07) is 7.80. The Morgan fingerprint density at radius 3 is 2.57 bits per heavy atom. The molecule has 0 saturated heterocycles. The molecule has 3 atom stereocenters. The number of hydrogen-bond acceptors (Lipinski definition) is 2. The monoisotopic (exact) mass is 306 g/mol. The third-order valence-electron chi connectivity index (χ3n) is 4.35. The summed E-state index contributed by atoms with van der Waals surface area (Å²) < 4.78 is 12.4. The summed E-state index contributed by atoms with van der Waals surface area (Å²) in [6.07, 6.45) is 6.56. The van der Waals surface area contributed by atoms with E-state index in [1.165, 1.54) is 12.0 Å². The van der Waals surface area contributed by atoms with Crippen LogP contribution in [0, 0.1) is 5.92 Å². The highest BCUT2D eigenvalue weighted by Gasteiger charge is 2.25. The first-order chi connectivity index (χ1) is 10.1. The molecule has 0 aliphatic heterocycles. The summed E-state index contributed by atoms with van der Waals surface area (Å²) in [7, 11) is -1.02. The van der Waals surface area contributed by atoms with Crippen LogP contribution >= 0.6 is 0 Å². The molecule has 0 spiro atoms. The van der Waals surface area contributed by atoms with Crippen LogP contribution in [0.3, 0.4) is 0 Å². The SMILES string of the molecule is CCCc1ccc(C(=O)CS(=O)C2CCCC(C)C2)cc1. The van der Waals surface area contributed by atoms with E-state index >= 15 is 0 Å². The van der Waals surface area contributed by atoms with E-state index in [-0.39, 0.29) is 16.8 Å². The summed E-state index contributed by atoms with van der Waals surface area (Å²) in [5.74, 6) is 0.857. The molecule has 1 saturated carbocycles. The molecule has 0 radical (unpaired) electrons. The smallest absolute Gasteiger partial charge is 0.175 e. The van der Waals surface area contributed by atoms with Gasteiger partial charge in [-0.25, -0.2) is 0 Å². The van der Waals surface area contributed by atoms with Crippen LogP contribution in [0.25, 0.3) is 0 Å². The van der Waals surface area contributed by atoms with E-state index in [1.807, 2.05) is 24.3 Å².